The van der Waals surface area contributed by atoms with Crippen LogP contribution in [0.25, 0.3) is 11.0 Å². The molecule has 108 valence electrons. The van der Waals surface area contributed by atoms with Gasteiger partial charge in [0, 0.05) is 17.5 Å². The summed E-state index contributed by atoms with van der Waals surface area (Å²) >= 11 is 6.17. The van der Waals surface area contributed by atoms with Gasteiger partial charge in [0.15, 0.2) is 5.22 Å². The zero-order valence-corrected chi connectivity index (χ0v) is 12.2. The molecule has 1 aromatic carbocycles. The molecule has 1 heterocycles. The molecule has 1 aliphatic rings. The zero-order chi connectivity index (χ0) is 13.9. The van der Waals surface area contributed by atoms with Crippen LogP contribution in [0.2, 0.25) is 5.22 Å². The topological polar surface area (TPSA) is 45.4 Å². The van der Waals surface area contributed by atoms with Crippen LogP contribution >= 0.6 is 11.6 Å². The van der Waals surface area contributed by atoms with Gasteiger partial charge < -0.3 is 14.8 Å². The van der Waals surface area contributed by atoms with Gasteiger partial charge in [-0.1, -0.05) is 24.6 Å². The van der Waals surface area contributed by atoms with Gasteiger partial charge in [-0.2, -0.15) is 0 Å². The van der Waals surface area contributed by atoms with Crippen molar-refractivity contribution in [2.75, 3.05) is 6.54 Å². The lowest BCUT2D eigenvalue weighted by atomic mass is 9.87. The molecule has 1 aliphatic carbocycles. The van der Waals surface area contributed by atoms with Crippen LogP contribution in [0.15, 0.2) is 28.7 Å². The van der Waals surface area contributed by atoms with Gasteiger partial charge in [-0.05, 0) is 49.4 Å². The van der Waals surface area contributed by atoms with Crippen molar-refractivity contribution in [2.24, 2.45) is 5.92 Å². The number of furan rings is 1. The average Bonchev–Trinajstić information content (AvgIpc) is 2.75. The summed E-state index contributed by atoms with van der Waals surface area (Å²) in [7, 11) is 0. The van der Waals surface area contributed by atoms with Crippen molar-refractivity contribution in [3.05, 3.63) is 35.0 Å². The van der Waals surface area contributed by atoms with E-state index in [4.69, 9.17) is 16.0 Å². The van der Waals surface area contributed by atoms with Crippen LogP contribution in [0.3, 0.4) is 0 Å². The number of hydrogen-bond donors (Lipinski definition) is 2. The Kier molecular flexibility index (Phi) is 4.29. The summed E-state index contributed by atoms with van der Waals surface area (Å²) < 4.78 is 5.54. The highest BCUT2D eigenvalue weighted by Crippen LogP contribution is 2.29. The summed E-state index contributed by atoms with van der Waals surface area (Å²) in [6, 6.07) is 7.91. The van der Waals surface area contributed by atoms with Gasteiger partial charge >= 0.3 is 0 Å². The van der Waals surface area contributed by atoms with Crippen LogP contribution in [0.5, 0.6) is 0 Å². The number of rotatable bonds is 4. The lowest BCUT2D eigenvalue weighted by Gasteiger charge is -2.25. The average molecular weight is 294 g/mol. The molecule has 0 amide bonds. The van der Waals surface area contributed by atoms with Crippen molar-refractivity contribution in [3.8, 4) is 0 Å². The number of fused-ring (bicyclic) bond motifs is 1. The number of para-hydroxylation sites is 1. The van der Waals surface area contributed by atoms with E-state index in [1.165, 1.54) is 6.42 Å². The normalized spacial score (nSPS) is 23.3. The van der Waals surface area contributed by atoms with E-state index < -0.39 is 0 Å². The van der Waals surface area contributed by atoms with E-state index in [0.29, 0.717) is 17.7 Å². The zero-order valence-electron chi connectivity index (χ0n) is 11.4. The van der Waals surface area contributed by atoms with Crippen molar-refractivity contribution in [3.63, 3.8) is 0 Å². The first kappa shape index (κ1) is 13.9. The van der Waals surface area contributed by atoms with Crippen LogP contribution in [0, 0.1) is 5.92 Å². The number of hydrogen-bond acceptors (Lipinski definition) is 3. The van der Waals surface area contributed by atoms with Crippen molar-refractivity contribution in [1.82, 2.24) is 5.32 Å². The monoisotopic (exact) mass is 293 g/mol. The van der Waals surface area contributed by atoms with E-state index in [0.717, 1.165) is 42.3 Å². The second kappa shape index (κ2) is 6.17. The predicted molar refractivity (Wildman–Crippen MR) is 80.9 cm³/mol. The summed E-state index contributed by atoms with van der Waals surface area (Å²) in [4.78, 5) is 0. The molecule has 1 saturated carbocycles. The van der Waals surface area contributed by atoms with Gasteiger partial charge in [-0.3, -0.25) is 0 Å². The third kappa shape index (κ3) is 3.00. The first-order chi connectivity index (χ1) is 9.74. The van der Waals surface area contributed by atoms with Crippen LogP contribution in [0.4, 0.5) is 0 Å². The first-order valence-electron chi connectivity index (χ1n) is 7.28. The summed E-state index contributed by atoms with van der Waals surface area (Å²) in [6.07, 6.45) is 4.07. The molecule has 0 bridgehead atoms. The molecule has 0 spiro atoms. The fraction of sp³-hybridized carbons (Fsp3) is 0.500. The summed E-state index contributed by atoms with van der Waals surface area (Å²) in [5.41, 5.74) is 1.86. The van der Waals surface area contributed by atoms with E-state index >= 15 is 0 Å². The van der Waals surface area contributed by atoms with Crippen LogP contribution < -0.4 is 5.32 Å². The Morgan fingerprint density at radius 2 is 2.15 bits per heavy atom. The Hall–Kier alpha value is -1.03. The number of aliphatic hydroxyl groups is 1. The fourth-order valence-electron chi connectivity index (χ4n) is 3.08. The number of aliphatic hydroxyl groups excluding tert-OH is 1. The minimum atomic E-state index is -0.117. The van der Waals surface area contributed by atoms with Crippen LogP contribution in [-0.2, 0) is 6.54 Å². The SMILES string of the molecule is OC1CCCC(CNCc2c(Cl)oc3ccccc23)C1. The maximum absolute atomic E-state index is 9.68. The minimum Gasteiger partial charge on any atom is -0.444 e. The van der Waals surface area contributed by atoms with Gasteiger partial charge in [-0.25, -0.2) is 0 Å². The third-order valence-corrected chi connectivity index (χ3v) is 4.44. The lowest BCUT2D eigenvalue weighted by molar-refractivity contribution is 0.101. The van der Waals surface area contributed by atoms with E-state index in [9.17, 15) is 5.11 Å². The van der Waals surface area contributed by atoms with E-state index in [1.54, 1.807) is 0 Å². The molecule has 2 unspecified atom stereocenters. The second-order valence-electron chi connectivity index (χ2n) is 5.67. The Morgan fingerprint density at radius 3 is 3.00 bits per heavy atom. The molecule has 1 fully saturated rings. The third-order valence-electron chi connectivity index (χ3n) is 4.14. The number of halogens is 1. The molecule has 2 atom stereocenters. The molecule has 1 aromatic heterocycles. The van der Waals surface area contributed by atoms with Gasteiger partial charge in [0.25, 0.3) is 0 Å². The highest BCUT2D eigenvalue weighted by Gasteiger charge is 2.20. The largest absolute Gasteiger partial charge is 0.444 e. The quantitative estimate of drug-likeness (QED) is 0.903. The van der Waals surface area contributed by atoms with Crippen molar-refractivity contribution < 1.29 is 9.52 Å². The highest BCUT2D eigenvalue weighted by atomic mass is 35.5. The molecule has 0 aliphatic heterocycles. The summed E-state index contributed by atoms with van der Waals surface area (Å²) in [5.74, 6) is 0.565. The molecule has 0 radical (unpaired) electrons. The lowest BCUT2D eigenvalue weighted by Crippen LogP contribution is -2.28. The van der Waals surface area contributed by atoms with E-state index in [-0.39, 0.29) is 6.10 Å². The molecule has 3 nitrogen and oxygen atoms in total. The predicted octanol–water partition coefficient (Wildman–Crippen LogP) is 3.73. The molecular weight excluding hydrogens is 274 g/mol. The molecule has 3 rings (SSSR count). The van der Waals surface area contributed by atoms with Crippen molar-refractivity contribution in [1.29, 1.82) is 0 Å². The maximum atomic E-state index is 9.68. The summed E-state index contributed by atoms with van der Waals surface area (Å²) in [5, 5.41) is 14.7. The van der Waals surface area contributed by atoms with E-state index in [1.807, 2.05) is 24.3 Å². The number of nitrogens with one attached hydrogen (secondary N) is 1. The Labute approximate surface area is 123 Å². The van der Waals surface area contributed by atoms with Gasteiger partial charge in [0.2, 0.25) is 0 Å². The summed E-state index contributed by atoms with van der Waals surface area (Å²) in [6.45, 7) is 1.63. The molecule has 0 saturated heterocycles. The Morgan fingerprint density at radius 1 is 1.30 bits per heavy atom. The van der Waals surface area contributed by atoms with Crippen molar-refractivity contribution in [2.45, 2.75) is 38.3 Å². The van der Waals surface area contributed by atoms with Crippen molar-refractivity contribution >= 4 is 22.6 Å². The van der Waals surface area contributed by atoms with Crippen LogP contribution in [0.1, 0.15) is 31.2 Å². The Balaban J connectivity index is 1.61. The van der Waals surface area contributed by atoms with E-state index in [2.05, 4.69) is 5.32 Å². The van der Waals surface area contributed by atoms with Gasteiger partial charge in [0.05, 0.1) is 6.10 Å². The number of benzene rings is 1. The first-order valence-corrected chi connectivity index (χ1v) is 7.66. The van der Waals surface area contributed by atoms with Gasteiger partial charge in [0.1, 0.15) is 5.58 Å². The molecule has 4 heteroatoms. The molecule has 2 N–H and O–H groups in total. The molecule has 2 aromatic rings. The smallest absolute Gasteiger partial charge is 0.199 e. The minimum absolute atomic E-state index is 0.117. The fourth-order valence-corrected chi connectivity index (χ4v) is 3.33. The van der Waals surface area contributed by atoms with Crippen LogP contribution in [-0.4, -0.2) is 17.8 Å². The maximum Gasteiger partial charge on any atom is 0.199 e. The Bertz CT molecular complexity index is 581. The highest BCUT2D eigenvalue weighted by molar-refractivity contribution is 6.30. The second-order valence-corrected chi connectivity index (χ2v) is 6.01. The molecular formula is C16H20ClNO2. The standard InChI is InChI=1S/C16H20ClNO2/c17-16-14(13-6-1-2-7-15(13)20-16)10-18-9-11-4-3-5-12(19)8-11/h1-2,6-7,11-12,18-19H,3-5,8-10H2. The van der Waals surface area contributed by atoms with Gasteiger partial charge in [-0.15, -0.1) is 0 Å². The molecule has 20 heavy (non-hydrogen) atoms.